The highest BCUT2D eigenvalue weighted by atomic mass is 35.5. The summed E-state index contributed by atoms with van der Waals surface area (Å²) in [5.41, 5.74) is 0. The molecule has 0 aromatic rings. The molecule has 1 N–H and O–H groups in total. The van der Waals surface area contributed by atoms with Crippen molar-refractivity contribution in [2.24, 2.45) is 11.8 Å². The second kappa shape index (κ2) is 3.81. The molecule has 1 rings (SSSR count). The van der Waals surface area contributed by atoms with Crippen molar-refractivity contribution in [1.82, 2.24) is 0 Å². The largest absolute Gasteiger partial charge is 0.481 e. The van der Waals surface area contributed by atoms with E-state index in [1.54, 1.807) is 0 Å². The molecule has 0 amide bonds. The molecular formula is C7H13ClO2. The van der Waals surface area contributed by atoms with E-state index in [1.165, 1.54) is 0 Å². The molecule has 2 unspecified atom stereocenters. The van der Waals surface area contributed by atoms with Gasteiger partial charge in [-0.25, -0.2) is 0 Å². The van der Waals surface area contributed by atoms with Crippen LogP contribution in [0.2, 0.25) is 0 Å². The maximum absolute atomic E-state index is 10.4. The number of hydrogen-bond donors (Lipinski definition) is 1. The lowest BCUT2D eigenvalue weighted by Crippen LogP contribution is -2.15. The summed E-state index contributed by atoms with van der Waals surface area (Å²) in [4.78, 5) is 10.4. The fraction of sp³-hybridized carbons (Fsp3) is 0.857. The summed E-state index contributed by atoms with van der Waals surface area (Å²) in [6.45, 7) is 2.02. The number of aliphatic carboxylic acids is 1. The number of carboxylic acid groups (broad SMARTS) is 1. The lowest BCUT2D eigenvalue weighted by atomic mass is 9.99. The van der Waals surface area contributed by atoms with Crippen LogP contribution in [0.1, 0.15) is 26.2 Å². The second-order valence-corrected chi connectivity index (χ2v) is 2.85. The summed E-state index contributed by atoms with van der Waals surface area (Å²) in [6.07, 6.45) is 3.08. The summed E-state index contributed by atoms with van der Waals surface area (Å²) in [6, 6.07) is 0. The first-order valence-electron chi connectivity index (χ1n) is 3.44. The van der Waals surface area contributed by atoms with Gasteiger partial charge in [0.2, 0.25) is 0 Å². The molecule has 60 valence electrons. The standard InChI is InChI=1S/C7H12O2.ClH/c1-5-3-2-4-6(5)7(8)9;/h5-6H,2-4H2,1H3,(H,8,9);1H. The molecular weight excluding hydrogens is 152 g/mol. The quantitative estimate of drug-likeness (QED) is 0.643. The molecule has 1 aliphatic rings. The third-order valence-corrected chi connectivity index (χ3v) is 2.18. The van der Waals surface area contributed by atoms with E-state index in [4.69, 9.17) is 5.11 Å². The molecule has 0 saturated heterocycles. The Hall–Kier alpha value is -0.240. The zero-order chi connectivity index (χ0) is 6.85. The lowest BCUT2D eigenvalue weighted by Gasteiger charge is -2.07. The van der Waals surface area contributed by atoms with E-state index in [2.05, 4.69) is 0 Å². The van der Waals surface area contributed by atoms with Gasteiger partial charge in [0.1, 0.15) is 0 Å². The van der Waals surface area contributed by atoms with E-state index in [1.807, 2.05) is 6.92 Å². The van der Waals surface area contributed by atoms with Gasteiger partial charge in [0.25, 0.3) is 0 Å². The van der Waals surface area contributed by atoms with Crippen molar-refractivity contribution in [1.29, 1.82) is 0 Å². The van der Waals surface area contributed by atoms with Gasteiger partial charge in [-0.1, -0.05) is 13.3 Å². The molecule has 10 heavy (non-hydrogen) atoms. The predicted octanol–water partition coefficient (Wildman–Crippen LogP) is 1.93. The van der Waals surface area contributed by atoms with E-state index in [0.29, 0.717) is 5.92 Å². The van der Waals surface area contributed by atoms with Gasteiger partial charge >= 0.3 is 5.97 Å². The third kappa shape index (κ3) is 1.87. The molecule has 0 spiro atoms. The SMILES string of the molecule is CC1CCCC1C(=O)O.Cl. The Labute approximate surface area is 67.0 Å². The van der Waals surface area contributed by atoms with Crippen molar-refractivity contribution < 1.29 is 9.90 Å². The summed E-state index contributed by atoms with van der Waals surface area (Å²) in [5.74, 6) is -0.257. The van der Waals surface area contributed by atoms with Crippen LogP contribution in [0.5, 0.6) is 0 Å². The molecule has 1 aliphatic carbocycles. The molecule has 0 radical (unpaired) electrons. The number of hydrogen-bond acceptors (Lipinski definition) is 1. The van der Waals surface area contributed by atoms with Crippen molar-refractivity contribution in [3.05, 3.63) is 0 Å². The molecule has 0 aliphatic heterocycles. The Kier molecular flexibility index (Phi) is 3.72. The van der Waals surface area contributed by atoms with Gasteiger partial charge < -0.3 is 5.11 Å². The normalized spacial score (nSPS) is 31.3. The molecule has 1 fully saturated rings. The maximum atomic E-state index is 10.4. The van der Waals surface area contributed by atoms with Crippen molar-refractivity contribution in [2.75, 3.05) is 0 Å². The summed E-state index contributed by atoms with van der Waals surface area (Å²) in [5, 5.41) is 8.58. The average molecular weight is 165 g/mol. The predicted molar refractivity (Wildman–Crippen MR) is 41.4 cm³/mol. The Bertz CT molecular complexity index is 125. The minimum absolute atomic E-state index is 0. The van der Waals surface area contributed by atoms with E-state index >= 15 is 0 Å². The zero-order valence-corrected chi connectivity index (χ0v) is 6.86. The van der Waals surface area contributed by atoms with E-state index < -0.39 is 5.97 Å². The molecule has 1 saturated carbocycles. The van der Waals surface area contributed by atoms with Crippen LogP contribution in [-0.4, -0.2) is 11.1 Å². The van der Waals surface area contributed by atoms with Gasteiger partial charge in [0.05, 0.1) is 5.92 Å². The number of rotatable bonds is 1. The second-order valence-electron chi connectivity index (χ2n) is 2.85. The van der Waals surface area contributed by atoms with Gasteiger partial charge in [-0.3, -0.25) is 4.79 Å². The minimum Gasteiger partial charge on any atom is -0.481 e. The molecule has 2 atom stereocenters. The van der Waals surface area contributed by atoms with Gasteiger partial charge in [-0.2, -0.15) is 0 Å². The zero-order valence-electron chi connectivity index (χ0n) is 6.04. The molecule has 0 heterocycles. The molecule has 2 nitrogen and oxygen atoms in total. The van der Waals surface area contributed by atoms with Crippen LogP contribution < -0.4 is 0 Å². The van der Waals surface area contributed by atoms with Crippen LogP contribution >= 0.6 is 12.4 Å². The maximum Gasteiger partial charge on any atom is 0.306 e. The first kappa shape index (κ1) is 9.76. The van der Waals surface area contributed by atoms with Crippen LogP contribution in [0.25, 0.3) is 0 Å². The fourth-order valence-corrected chi connectivity index (χ4v) is 1.51. The first-order valence-corrected chi connectivity index (χ1v) is 3.44. The summed E-state index contributed by atoms with van der Waals surface area (Å²) >= 11 is 0. The number of carboxylic acids is 1. The van der Waals surface area contributed by atoms with E-state index in [0.717, 1.165) is 19.3 Å². The smallest absolute Gasteiger partial charge is 0.306 e. The Balaban J connectivity index is 0.000000810. The van der Waals surface area contributed by atoms with Gasteiger partial charge in [0, 0.05) is 0 Å². The molecule has 0 aromatic heterocycles. The first-order chi connectivity index (χ1) is 4.22. The number of halogens is 1. The fourth-order valence-electron chi connectivity index (χ4n) is 1.51. The Morgan fingerprint density at radius 3 is 2.30 bits per heavy atom. The van der Waals surface area contributed by atoms with E-state index in [-0.39, 0.29) is 18.3 Å². The summed E-state index contributed by atoms with van der Waals surface area (Å²) in [7, 11) is 0. The van der Waals surface area contributed by atoms with Crippen LogP contribution in [0.4, 0.5) is 0 Å². The Morgan fingerprint density at radius 1 is 1.50 bits per heavy atom. The van der Waals surface area contributed by atoms with Gasteiger partial charge in [0.15, 0.2) is 0 Å². The van der Waals surface area contributed by atoms with Crippen molar-refractivity contribution in [3.63, 3.8) is 0 Å². The minimum atomic E-state index is -0.611. The van der Waals surface area contributed by atoms with E-state index in [9.17, 15) is 4.79 Å². The van der Waals surface area contributed by atoms with Crippen molar-refractivity contribution >= 4 is 18.4 Å². The summed E-state index contributed by atoms with van der Waals surface area (Å²) < 4.78 is 0. The Morgan fingerprint density at radius 2 is 2.10 bits per heavy atom. The average Bonchev–Trinajstić information content (AvgIpc) is 2.13. The van der Waals surface area contributed by atoms with Gasteiger partial charge in [-0.15, -0.1) is 12.4 Å². The van der Waals surface area contributed by atoms with Crippen LogP contribution in [0.15, 0.2) is 0 Å². The van der Waals surface area contributed by atoms with Crippen LogP contribution in [-0.2, 0) is 4.79 Å². The van der Waals surface area contributed by atoms with Crippen LogP contribution in [0, 0.1) is 11.8 Å². The van der Waals surface area contributed by atoms with Crippen molar-refractivity contribution in [3.8, 4) is 0 Å². The van der Waals surface area contributed by atoms with Crippen LogP contribution in [0.3, 0.4) is 0 Å². The number of carbonyl (C=O) groups is 1. The highest BCUT2D eigenvalue weighted by Gasteiger charge is 2.28. The lowest BCUT2D eigenvalue weighted by molar-refractivity contribution is -0.142. The highest BCUT2D eigenvalue weighted by molar-refractivity contribution is 5.85. The molecule has 3 heteroatoms. The topological polar surface area (TPSA) is 37.3 Å². The molecule has 0 aromatic carbocycles. The highest BCUT2D eigenvalue weighted by Crippen LogP contribution is 2.30. The van der Waals surface area contributed by atoms with Gasteiger partial charge in [-0.05, 0) is 18.8 Å². The van der Waals surface area contributed by atoms with Crippen molar-refractivity contribution in [2.45, 2.75) is 26.2 Å². The monoisotopic (exact) mass is 164 g/mol. The molecule has 0 bridgehead atoms. The third-order valence-electron chi connectivity index (χ3n) is 2.18.